The van der Waals surface area contributed by atoms with Crippen LogP contribution >= 0.6 is 0 Å². The number of carboxylic acids is 1. The third-order valence-electron chi connectivity index (χ3n) is 2.32. The van der Waals surface area contributed by atoms with E-state index in [4.69, 9.17) is 5.11 Å². The topological polar surface area (TPSA) is 98.7 Å². The van der Waals surface area contributed by atoms with Gasteiger partial charge >= 0.3 is 12.0 Å². The summed E-state index contributed by atoms with van der Waals surface area (Å²) in [5.74, 6) is -1.54. The summed E-state index contributed by atoms with van der Waals surface area (Å²) in [6.07, 6.45) is 0. The largest absolute Gasteiger partial charge is 0.480 e. The summed E-state index contributed by atoms with van der Waals surface area (Å²) in [7, 11) is 1.39. The summed E-state index contributed by atoms with van der Waals surface area (Å²) < 4.78 is 0. The van der Waals surface area contributed by atoms with Gasteiger partial charge in [-0.15, -0.1) is 0 Å². The van der Waals surface area contributed by atoms with Gasteiger partial charge in [0.25, 0.3) is 0 Å². The molecule has 1 atom stereocenters. The molecule has 17 heavy (non-hydrogen) atoms. The Morgan fingerprint density at radius 3 is 2.12 bits per heavy atom. The molecule has 0 aromatic heterocycles. The molecular weight excluding hydrogens is 226 g/mol. The second-order valence-corrected chi connectivity index (χ2v) is 3.90. The third-order valence-corrected chi connectivity index (χ3v) is 2.32. The monoisotopic (exact) mass is 245 g/mol. The van der Waals surface area contributed by atoms with Gasteiger partial charge in [-0.2, -0.15) is 0 Å². The van der Waals surface area contributed by atoms with E-state index >= 15 is 0 Å². The Kier molecular flexibility index (Phi) is 6.19. The highest BCUT2D eigenvalue weighted by atomic mass is 16.4. The van der Waals surface area contributed by atoms with E-state index in [0.717, 1.165) is 0 Å². The first-order valence-corrected chi connectivity index (χ1v) is 5.29. The van der Waals surface area contributed by atoms with Crippen LogP contribution in [0.5, 0.6) is 0 Å². The van der Waals surface area contributed by atoms with Gasteiger partial charge in [-0.05, 0) is 20.8 Å². The highest BCUT2D eigenvalue weighted by Gasteiger charge is 2.26. The number of carbonyl (C=O) groups is 3. The molecule has 7 heteroatoms. The normalized spacial score (nSPS) is 12.4. The predicted octanol–water partition coefficient (Wildman–Crippen LogP) is -0.374. The van der Waals surface area contributed by atoms with E-state index < -0.39 is 23.9 Å². The average Bonchev–Trinajstić information content (AvgIpc) is 2.23. The van der Waals surface area contributed by atoms with E-state index in [1.807, 2.05) is 0 Å². The molecule has 0 spiro atoms. The van der Waals surface area contributed by atoms with Gasteiger partial charge in [0.05, 0.1) is 12.6 Å². The number of aliphatic carboxylic acids is 1. The molecule has 98 valence electrons. The average molecular weight is 245 g/mol. The molecule has 0 fully saturated rings. The van der Waals surface area contributed by atoms with Crippen LogP contribution in [0.4, 0.5) is 4.79 Å². The molecular formula is C10H19N3O4. The number of nitrogens with one attached hydrogen (secondary N) is 2. The Bertz CT molecular complexity index is 304. The van der Waals surface area contributed by atoms with E-state index in [1.54, 1.807) is 20.8 Å². The molecule has 0 radical (unpaired) electrons. The van der Waals surface area contributed by atoms with E-state index in [0.29, 0.717) is 0 Å². The van der Waals surface area contributed by atoms with Gasteiger partial charge in [0.2, 0.25) is 5.91 Å². The van der Waals surface area contributed by atoms with Crippen molar-refractivity contribution in [2.24, 2.45) is 0 Å². The minimum Gasteiger partial charge on any atom is -0.480 e. The summed E-state index contributed by atoms with van der Waals surface area (Å²) in [6, 6.07) is -1.42. The van der Waals surface area contributed by atoms with Crippen LogP contribution in [0.15, 0.2) is 0 Å². The number of hydrogen-bond acceptors (Lipinski definition) is 4. The van der Waals surface area contributed by atoms with E-state index in [-0.39, 0.29) is 12.6 Å². The van der Waals surface area contributed by atoms with Crippen LogP contribution in [-0.4, -0.2) is 53.6 Å². The van der Waals surface area contributed by atoms with E-state index in [1.165, 1.54) is 11.9 Å². The molecule has 0 saturated heterocycles. The fraction of sp³-hybridized carbons (Fsp3) is 0.700. The zero-order valence-corrected chi connectivity index (χ0v) is 10.5. The summed E-state index contributed by atoms with van der Waals surface area (Å²) >= 11 is 0. The van der Waals surface area contributed by atoms with Crippen molar-refractivity contribution >= 4 is 17.9 Å². The second kappa shape index (κ2) is 6.85. The van der Waals surface area contributed by atoms with E-state index in [2.05, 4.69) is 10.6 Å². The molecule has 3 N–H and O–H groups in total. The van der Waals surface area contributed by atoms with Crippen LogP contribution in [0.2, 0.25) is 0 Å². The molecule has 0 saturated carbocycles. The first-order chi connectivity index (χ1) is 7.79. The van der Waals surface area contributed by atoms with Crippen molar-refractivity contribution in [3.05, 3.63) is 0 Å². The molecule has 0 heterocycles. The molecule has 0 aromatic carbocycles. The van der Waals surface area contributed by atoms with Crippen LogP contribution in [0, 0.1) is 0 Å². The van der Waals surface area contributed by atoms with Crippen molar-refractivity contribution in [2.75, 3.05) is 13.6 Å². The van der Waals surface area contributed by atoms with Crippen LogP contribution in [-0.2, 0) is 9.59 Å². The zero-order valence-electron chi connectivity index (χ0n) is 10.5. The Labute approximate surface area is 100 Å². The SMILES string of the molecule is CNC(=O)NC(=O)C(C)N(CC(=O)O)C(C)C. The number of carbonyl (C=O) groups excluding carboxylic acids is 2. The fourth-order valence-electron chi connectivity index (χ4n) is 1.35. The predicted molar refractivity (Wildman–Crippen MR) is 61.5 cm³/mol. The molecule has 0 bridgehead atoms. The molecule has 0 rings (SSSR count). The Morgan fingerprint density at radius 2 is 1.76 bits per heavy atom. The maximum Gasteiger partial charge on any atom is 0.321 e. The lowest BCUT2D eigenvalue weighted by Gasteiger charge is -2.29. The molecule has 7 nitrogen and oxygen atoms in total. The van der Waals surface area contributed by atoms with Crippen molar-refractivity contribution in [2.45, 2.75) is 32.9 Å². The minimum atomic E-state index is -1.02. The first kappa shape index (κ1) is 15.4. The zero-order chi connectivity index (χ0) is 13.6. The number of urea groups is 1. The number of amides is 3. The van der Waals surface area contributed by atoms with Crippen LogP contribution in [0.3, 0.4) is 0 Å². The summed E-state index contributed by atoms with van der Waals surface area (Å²) in [6.45, 7) is 4.88. The lowest BCUT2D eigenvalue weighted by atomic mass is 10.2. The van der Waals surface area contributed by atoms with Crippen LogP contribution in [0.1, 0.15) is 20.8 Å². The molecule has 0 aliphatic carbocycles. The maximum atomic E-state index is 11.6. The molecule has 0 aliphatic heterocycles. The summed E-state index contributed by atoms with van der Waals surface area (Å²) in [4.78, 5) is 34.8. The fourth-order valence-corrected chi connectivity index (χ4v) is 1.35. The van der Waals surface area contributed by atoms with Crippen molar-refractivity contribution in [3.63, 3.8) is 0 Å². The van der Waals surface area contributed by atoms with Crippen molar-refractivity contribution < 1.29 is 19.5 Å². The van der Waals surface area contributed by atoms with Crippen LogP contribution in [0.25, 0.3) is 0 Å². The van der Waals surface area contributed by atoms with Crippen LogP contribution < -0.4 is 10.6 Å². The lowest BCUT2D eigenvalue weighted by molar-refractivity contribution is -0.140. The van der Waals surface area contributed by atoms with Crippen molar-refractivity contribution in [3.8, 4) is 0 Å². The summed E-state index contributed by atoms with van der Waals surface area (Å²) in [5, 5.41) is 13.1. The standard InChI is InChI=1S/C10H19N3O4/c1-6(2)13(5-8(14)15)7(3)9(16)12-10(17)11-4/h6-7H,5H2,1-4H3,(H,14,15)(H2,11,12,16,17). The van der Waals surface area contributed by atoms with Gasteiger partial charge < -0.3 is 10.4 Å². The first-order valence-electron chi connectivity index (χ1n) is 5.29. The summed E-state index contributed by atoms with van der Waals surface area (Å²) in [5.41, 5.74) is 0. The van der Waals surface area contributed by atoms with Gasteiger partial charge in [0.1, 0.15) is 0 Å². The number of nitrogens with zero attached hydrogens (tertiary/aromatic N) is 1. The highest BCUT2D eigenvalue weighted by Crippen LogP contribution is 2.05. The Morgan fingerprint density at radius 1 is 1.24 bits per heavy atom. The maximum absolute atomic E-state index is 11.6. The highest BCUT2D eigenvalue weighted by molar-refractivity contribution is 5.96. The van der Waals surface area contributed by atoms with Crippen molar-refractivity contribution in [1.82, 2.24) is 15.5 Å². The smallest absolute Gasteiger partial charge is 0.321 e. The van der Waals surface area contributed by atoms with Gasteiger partial charge in [-0.1, -0.05) is 0 Å². The molecule has 0 aromatic rings. The lowest BCUT2D eigenvalue weighted by Crippen LogP contribution is -2.52. The van der Waals surface area contributed by atoms with Gasteiger partial charge in [-0.25, -0.2) is 4.79 Å². The molecule has 1 unspecified atom stereocenters. The number of imide groups is 1. The molecule has 3 amide bonds. The third kappa shape index (κ3) is 5.30. The number of rotatable bonds is 5. The van der Waals surface area contributed by atoms with Gasteiger partial charge in [0, 0.05) is 13.1 Å². The van der Waals surface area contributed by atoms with Gasteiger partial charge in [0.15, 0.2) is 0 Å². The Balaban J connectivity index is 4.60. The number of hydrogen-bond donors (Lipinski definition) is 3. The Hall–Kier alpha value is -1.63. The molecule has 0 aliphatic rings. The van der Waals surface area contributed by atoms with E-state index in [9.17, 15) is 14.4 Å². The van der Waals surface area contributed by atoms with Crippen molar-refractivity contribution in [1.29, 1.82) is 0 Å². The minimum absolute atomic E-state index is 0.114. The van der Waals surface area contributed by atoms with Gasteiger partial charge in [-0.3, -0.25) is 19.8 Å². The quantitative estimate of drug-likeness (QED) is 0.613. The second-order valence-electron chi connectivity index (χ2n) is 3.90. The number of carboxylic acid groups (broad SMARTS) is 1.